The fourth-order valence-electron chi connectivity index (χ4n) is 2.29. The van der Waals surface area contributed by atoms with Crippen LogP contribution in [-0.2, 0) is 4.79 Å². The molecule has 4 nitrogen and oxygen atoms in total. The molecule has 2 aliphatic rings. The minimum absolute atomic E-state index is 0.0844. The van der Waals surface area contributed by atoms with Crippen LogP contribution in [0, 0.1) is 5.92 Å². The molecule has 4 heteroatoms. The molecule has 14 heavy (non-hydrogen) atoms. The molecular weight excluding hydrogens is 180 g/mol. The van der Waals surface area contributed by atoms with Gasteiger partial charge in [0.2, 0.25) is 0 Å². The molecule has 2 fully saturated rings. The van der Waals surface area contributed by atoms with E-state index in [2.05, 4.69) is 4.90 Å². The molecule has 0 aromatic heterocycles. The van der Waals surface area contributed by atoms with E-state index >= 15 is 0 Å². The highest BCUT2D eigenvalue weighted by Gasteiger charge is 2.35. The zero-order chi connectivity index (χ0) is 10.1. The Balaban J connectivity index is 1.88. The average molecular weight is 198 g/mol. The Bertz CT molecular complexity index is 228. The van der Waals surface area contributed by atoms with Gasteiger partial charge < -0.3 is 10.8 Å². The van der Waals surface area contributed by atoms with E-state index in [1.165, 1.54) is 12.8 Å². The topological polar surface area (TPSA) is 66.6 Å². The van der Waals surface area contributed by atoms with E-state index in [0.29, 0.717) is 0 Å². The number of aliphatic carboxylic acids is 1. The molecule has 3 N–H and O–H groups in total. The van der Waals surface area contributed by atoms with Crippen LogP contribution in [0.25, 0.3) is 0 Å². The summed E-state index contributed by atoms with van der Waals surface area (Å²) >= 11 is 0. The first kappa shape index (κ1) is 9.93. The van der Waals surface area contributed by atoms with Crippen molar-refractivity contribution in [3.05, 3.63) is 0 Å². The van der Waals surface area contributed by atoms with Gasteiger partial charge >= 0.3 is 5.97 Å². The molecule has 0 aromatic rings. The molecule has 0 spiro atoms. The number of nitrogens with two attached hydrogens (primary N) is 1. The van der Waals surface area contributed by atoms with Crippen LogP contribution < -0.4 is 5.73 Å². The van der Waals surface area contributed by atoms with Gasteiger partial charge in [0.05, 0.1) is 6.42 Å². The van der Waals surface area contributed by atoms with Gasteiger partial charge in [-0.2, -0.15) is 0 Å². The van der Waals surface area contributed by atoms with Gasteiger partial charge in [-0.25, -0.2) is 0 Å². The fourth-order valence-corrected chi connectivity index (χ4v) is 2.29. The standard InChI is InChI=1S/C10H18N2O2/c11-9-3-4-12(8-1-2-8)6-7(9)5-10(13)14/h7-9H,1-6,11H2,(H,13,14). The Morgan fingerprint density at radius 1 is 1.43 bits per heavy atom. The molecule has 80 valence electrons. The van der Waals surface area contributed by atoms with Crippen LogP contribution in [0.4, 0.5) is 0 Å². The van der Waals surface area contributed by atoms with Gasteiger partial charge in [-0.15, -0.1) is 0 Å². The van der Waals surface area contributed by atoms with E-state index in [4.69, 9.17) is 10.8 Å². The number of rotatable bonds is 3. The molecule has 2 atom stereocenters. The van der Waals surface area contributed by atoms with E-state index in [9.17, 15) is 4.79 Å². The molecule has 1 saturated carbocycles. The monoisotopic (exact) mass is 198 g/mol. The number of piperidine rings is 1. The van der Waals surface area contributed by atoms with Gasteiger partial charge in [-0.05, 0) is 31.7 Å². The molecule has 2 unspecified atom stereocenters. The van der Waals surface area contributed by atoms with E-state index in [1.807, 2.05) is 0 Å². The maximum atomic E-state index is 10.6. The second-order valence-corrected chi connectivity index (χ2v) is 4.54. The van der Waals surface area contributed by atoms with Crippen molar-refractivity contribution >= 4 is 5.97 Å². The Labute approximate surface area is 84.1 Å². The molecule has 0 radical (unpaired) electrons. The lowest BCUT2D eigenvalue weighted by atomic mass is 9.90. The van der Waals surface area contributed by atoms with Crippen molar-refractivity contribution in [3.63, 3.8) is 0 Å². The summed E-state index contributed by atoms with van der Waals surface area (Å²) < 4.78 is 0. The average Bonchev–Trinajstić information content (AvgIpc) is 2.91. The lowest BCUT2D eigenvalue weighted by molar-refractivity contribution is -0.138. The highest BCUT2D eigenvalue weighted by molar-refractivity contribution is 5.67. The Hall–Kier alpha value is -0.610. The lowest BCUT2D eigenvalue weighted by Gasteiger charge is -2.36. The first-order valence-electron chi connectivity index (χ1n) is 5.38. The Kier molecular flexibility index (Phi) is 2.74. The van der Waals surface area contributed by atoms with Gasteiger partial charge in [-0.1, -0.05) is 0 Å². The number of nitrogens with zero attached hydrogens (tertiary/aromatic N) is 1. The first-order valence-corrected chi connectivity index (χ1v) is 5.38. The normalized spacial score (nSPS) is 34.4. The second kappa shape index (κ2) is 3.87. The summed E-state index contributed by atoms with van der Waals surface area (Å²) in [6.45, 7) is 1.94. The summed E-state index contributed by atoms with van der Waals surface area (Å²) in [4.78, 5) is 13.0. The van der Waals surface area contributed by atoms with E-state index in [-0.39, 0.29) is 18.4 Å². The zero-order valence-corrected chi connectivity index (χ0v) is 8.35. The number of carboxylic acid groups (broad SMARTS) is 1. The smallest absolute Gasteiger partial charge is 0.303 e. The van der Waals surface area contributed by atoms with Gasteiger partial charge in [0.25, 0.3) is 0 Å². The molecule has 1 saturated heterocycles. The highest BCUT2D eigenvalue weighted by Crippen LogP contribution is 2.31. The minimum Gasteiger partial charge on any atom is -0.481 e. The quantitative estimate of drug-likeness (QED) is 0.683. The van der Waals surface area contributed by atoms with Gasteiger partial charge in [0.1, 0.15) is 0 Å². The van der Waals surface area contributed by atoms with E-state index in [1.54, 1.807) is 0 Å². The van der Waals surface area contributed by atoms with Crippen molar-refractivity contribution in [3.8, 4) is 0 Å². The van der Waals surface area contributed by atoms with Crippen molar-refractivity contribution in [1.29, 1.82) is 0 Å². The summed E-state index contributed by atoms with van der Waals surface area (Å²) in [5.41, 5.74) is 5.92. The summed E-state index contributed by atoms with van der Waals surface area (Å²) in [6, 6.07) is 0.819. The Morgan fingerprint density at radius 3 is 2.71 bits per heavy atom. The largest absolute Gasteiger partial charge is 0.481 e. The summed E-state index contributed by atoms with van der Waals surface area (Å²) in [5.74, 6) is -0.565. The molecule has 2 rings (SSSR count). The SMILES string of the molecule is NC1CCN(C2CC2)CC1CC(=O)O. The van der Waals surface area contributed by atoms with Gasteiger partial charge in [0.15, 0.2) is 0 Å². The van der Waals surface area contributed by atoms with Crippen LogP contribution in [0.1, 0.15) is 25.7 Å². The number of carbonyl (C=O) groups is 1. The van der Waals surface area contributed by atoms with Crippen molar-refractivity contribution in [1.82, 2.24) is 4.90 Å². The molecule has 0 amide bonds. The number of carboxylic acids is 1. The first-order chi connectivity index (χ1) is 6.66. The second-order valence-electron chi connectivity index (χ2n) is 4.54. The van der Waals surface area contributed by atoms with Gasteiger partial charge in [-0.3, -0.25) is 9.69 Å². The van der Waals surface area contributed by atoms with Crippen LogP contribution in [0.2, 0.25) is 0 Å². The predicted octanol–water partition coefficient (Wildman–Crippen LogP) is 0.273. The zero-order valence-electron chi connectivity index (χ0n) is 8.35. The van der Waals surface area contributed by atoms with Crippen LogP contribution in [0.3, 0.4) is 0 Å². The summed E-state index contributed by atoms with van der Waals surface area (Å²) in [5, 5.41) is 8.75. The van der Waals surface area contributed by atoms with Crippen LogP contribution in [0.5, 0.6) is 0 Å². The van der Waals surface area contributed by atoms with Crippen LogP contribution in [0.15, 0.2) is 0 Å². The number of hydrogen-bond acceptors (Lipinski definition) is 3. The maximum absolute atomic E-state index is 10.6. The highest BCUT2D eigenvalue weighted by atomic mass is 16.4. The molecule has 0 aromatic carbocycles. The third kappa shape index (κ3) is 2.25. The van der Waals surface area contributed by atoms with Crippen molar-refractivity contribution in [2.45, 2.75) is 37.8 Å². The third-order valence-corrected chi connectivity index (χ3v) is 3.32. The molecule has 0 bridgehead atoms. The number of likely N-dealkylation sites (tertiary alicyclic amines) is 1. The maximum Gasteiger partial charge on any atom is 0.303 e. The summed E-state index contributed by atoms with van der Waals surface area (Å²) in [6.07, 6.45) is 3.75. The summed E-state index contributed by atoms with van der Waals surface area (Å²) in [7, 11) is 0. The van der Waals surface area contributed by atoms with Gasteiger partial charge in [0, 0.05) is 18.6 Å². The van der Waals surface area contributed by atoms with Crippen molar-refractivity contribution in [2.75, 3.05) is 13.1 Å². The molecule has 1 heterocycles. The Morgan fingerprint density at radius 2 is 2.14 bits per heavy atom. The van der Waals surface area contributed by atoms with Crippen LogP contribution >= 0.6 is 0 Å². The van der Waals surface area contributed by atoms with Crippen LogP contribution in [-0.4, -0.2) is 41.1 Å². The van der Waals surface area contributed by atoms with Crippen molar-refractivity contribution < 1.29 is 9.90 Å². The minimum atomic E-state index is -0.719. The van der Waals surface area contributed by atoms with E-state index < -0.39 is 5.97 Å². The third-order valence-electron chi connectivity index (χ3n) is 3.32. The van der Waals surface area contributed by atoms with E-state index in [0.717, 1.165) is 25.6 Å². The molecule has 1 aliphatic heterocycles. The van der Waals surface area contributed by atoms with Crippen molar-refractivity contribution in [2.24, 2.45) is 11.7 Å². The fraction of sp³-hybridized carbons (Fsp3) is 0.900. The number of hydrogen-bond donors (Lipinski definition) is 2. The predicted molar refractivity (Wildman–Crippen MR) is 52.9 cm³/mol. The molecular formula is C10H18N2O2. The molecule has 1 aliphatic carbocycles. The lowest BCUT2D eigenvalue weighted by Crippen LogP contribution is -2.48.